The number of amides is 7. The summed E-state index contributed by atoms with van der Waals surface area (Å²) < 4.78 is 38.3. The first-order chi connectivity index (χ1) is 47.7. The third-order valence-electron chi connectivity index (χ3n) is 17.8. The summed E-state index contributed by atoms with van der Waals surface area (Å²) in [6.07, 6.45) is -18.6. The lowest BCUT2D eigenvalue weighted by Crippen LogP contribution is -2.64. The van der Waals surface area contributed by atoms with Gasteiger partial charge in [0.05, 0.1) is 41.3 Å². The number of carboxylic acid groups (broad SMARTS) is 1. The van der Waals surface area contributed by atoms with Gasteiger partial charge >= 0.3 is 5.97 Å². The van der Waals surface area contributed by atoms with Crippen molar-refractivity contribution in [3.05, 3.63) is 117 Å². The quantitative estimate of drug-likeness (QED) is 0.0764. The molecule has 36 heteroatoms. The van der Waals surface area contributed by atoms with Crippen molar-refractivity contribution < 1.29 is 118 Å². The summed E-state index contributed by atoms with van der Waals surface area (Å²) in [5.74, 6) is -16.0. The van der Waals surface area contributed by atoms with Crippen LogP contribution in [-0.4, -0.2) is 191 Å². The Balaban J connectivity index is 0.0000121. The van der Waals surface area contributed by atoms with Crippen molar-refractivity contribution in [1.29, 1.82) is 0 Å². The number of nitrogens with one attached hydrogen (secondary N) is 7. The standard InChI is InChI=1S/C66H75Cl2N9O24.ClH/c1-23(2)12-34(71-5)58(88)76-49-51(83)26-7-10-38(32(67)14-26)97-40-16-28-17-41(55(40)101-65-56(54(86)53(85)42(22-78)99-65)100-44-21-66(4,70)57(87)24(3)96-44)98-39-11-8-27(15-33(39)68)52(84)50-63(93)75-48(64(94)95)31-18-29(79)19-37(81)45(31)30-13-25(6-9-36(30)80)46(60(90)77-50)74-61(91)47(28)73-59(89)35(20-43(69)82)72-62(49)92;/h6-11,13-19,23-24,34-35,42,44,46-54,56-57,65,71,78-81,83-87H,12,20-22,70H2,1-5H3,(H2,69,82)(H,72,92)(H,73,89)(H,74,91)(H,75,93)(H,76,88)(H,77,90)(H,94,95);1H/t24-,34?,35?,42+,44-,46?,47?,48?,49?,50?,51?,52?,53+,54-,56+,57+,65-,66-;/m0./s1. The Bertz CT molecular complexity index is 4080. The number of phenolic OH excluding ortho intramolecular Hbond substituents is 3. The van der Waals surface area contributed by atoms with Crippen molar-refractivity contribution in [2.45, 2.75) is 156 Å². The molecule has 2 saturated heterocycles. The molecule has 7 amide bonds. The molecule has 12 rings (SSSR count). The van der Waals surface area contributed by atoms with E-state index in [2.05, 4.69) is 37.2 Å². The zero-order valence-corrected chi connectivity index (χ0v) is 57.1. The molecule has 9 unspecified atom stereocenters. The fourth-order valence-corrected chi connectivity index (χ4v) is 12.9. The van der Waals surface area contributed by atoms with E-state index in [-0.39, 0.29) is 58.6 Å². The topological polar surface area (TPSA) is 530 Å². The van der Waals surface area contributed by atoms with Crippen LogP contribution in [0.4, 0.5) is 0 Å². The van der Waals surface area contributed by atoms with E-state index in [1.54, 1.807) is 0 Å². The number of rotatable bonds is 13. The molecule has 0 spiro atoms. The van der Waals surface area contributed by atoms with E-state index in [4.69, 9.17) is 63.1 Å². The number of halogens is 3. The van der Waals surface area contributed by atoms with Gasteiger partial charge < -0.3 is 128 Å². The molecule has 102 heavy (non-hydrogen) atoms. The van der Waals surface area contributed by atoms with Crippen LogP contribution in [0.2, 0.25) is 10.0 Å². The molecule has 5 aromatic rings. The highest BCUT2D eigenvalue weighted by Gasteiger charge is 2.51. The van der Waals surface area contributed by atoms with E-state index >= 15 is 14.4 Å². The number of primary amides is 1. The first-order valence-corrected chi connectivity index (χ1v) is 32.4. The summed E-state index contributed by atoms with van der Waals surface area (Å²) in [4.78, 5) is 117. The molecule has 5 aromatic carbocycles. The summed E-state index contributed by atoms with van der Waals surface area (Å²) in [6.45, 7) is 5.66. The zero-order valence-electron chi connectivity index (χ0n) is 54.7. The van der Waals surface area contributed by atoms with Gasteiger partial charge in [-0.3, -0.25) is 33.6 Å². The molecule has 7 aliphatic heterocycles. The summed E-state index contributed by atoms with van der Waals surface area (Å²) >= 11 is 14.1. The maximum Gasteiger partial charge on any atom is 0.330 e. The SMILES string of the molecule is CNC(CC(C)C)C(=O)NC1C(=O)NC(CC(N)=O)C(=O)NC2C(=O)NC3C(=O)NC(C(=O)NC(C(=O)O)c4cc(O)cc(O)c4-c4cc3ccc4O)C(O)c3ccc(c(Cl)c3)Oc3cc2cc(c3O[C@@H]2O[C@H](CO)[C@@H](O)[C@H](O)[C@H]2O[C@H]2C[C@](C)(N)[C@H](O)[C@H](C)O2)Oc2ccc(cc2Cl)C1O.Cl. The Kier molecular flexibility index (Phi) is 23.8. The average Bonchev–Trinajstić information content (AvgIpc) is 0.773. The summed E-state index contributed by atoms with van der Waals surface area (Å²) in [5.41, 5.74) is 8.00. The molecule has 0 aliphatic carbocycles. The van der Waals surface area contributed by atoms with Crippen LogP contribution in [-0.2, 0) is 52.6 Å². The van der Waals surface area contributed by atoms with E-state index in [0.717, 1.165) is 66.7 Å². The minimum absolute atomic E-state index is 0. The van der Waals surface area contributed by atoms with E-state index in [1.807, 2.05) is 13.8 Å². The lowest BCUT2D eigenvalue weighted by Gasteiger charge is -2.47. The van der Waals surface area contributed by atoms with Crippen LogP contribution in [0.15, 0.2) is 78.9 Å². The Labute approximate surface area is 596 Å². The first kappa shape index (κ1) is 77.3. The number of aliphatic carboxylic acids is 1. The highest BCUT2D eigenvalue weighted by Crippen LogP contribution is 2.50. The molecular formula is C66H76Cl3N9O24. The summed E-state index contributed by atoms with van der Waals surface area (Å²) in [5, 5.41) is 131. The highest BCUT2D eigenvalue weighted by molar-refractivity contribution is 6.32. The van der Waals surface area contributed by atoms with Gasteiger partial charge in [0, 0.05) is 34.7 Å². The van der Waals surface area contributed by atoms with Gasteiger partial charge in [-0.25, -0.2) is 4.79 Å². The maximum atomic E-state index is 16.0. The van der Waals surface area contributed by atoms with Gasteiger partial charge in [-0.1, -0.05) is 55.2 Å². The lowest BCUT2D eigenvalue weighted by atomic mass is 9.86. The molecule has 2 fully saturated rings. The van der Waals surface area contributed by atoms with E-state index < -0.39 is 237 Å². The van der Waals surface area contributed by atoms with Crippen molar-refractivity contribution in [2.75, 3.05) is 13.7 Å². The number of aliphatic hydroxyl groups is 6. The number of likely N-dealkylation sites (N-methyl/N-ethyl adjacent to an activating group) is 1. The van der Waals surface area contributed by atoms with Crippen LogP contribution in [0.5, 0.6) is 46.0 Å². The van der Waals surface area contributed by atoms with Crippen molar-refractivity contribution in [2.24, 2.45) is 17.4 Å². The van der Waals surface area contributed by atoms with Crippen molar-refractivity contribution >= 4 is 82.9 Å². The first-order valence-electron chi connectivity index (χ1n) is 31.6. The molecule has 550 valence electrons. The normalized spacial score (nSPS) is 29.1. The third-order valence-corrected chi connectivity index (χ3v) is 18.4. The molecule has 0 saturated carbocycles. The predicted octanol–water partition coefficient (Wildman–Crippen LogP) is 0.528. The Morgan fingerprint density at radius 3 is 1.89 bits per heavy atom. The van der Waals surface area contributed by atoms with E-state index in [9.17, 15) is 75.0 Å². The van der Waals surface area contributed by atoms with Gasteiger partial charge in [0.25, 0.3) is 0 Å². The lowest BCUT2D eigenvalue weighted by molar-refractivity contribution is -0.333. The van der Waals surface area contributed by atoms with Crippen molar-refractivity contribution in [3.63, 3.8) is 0 Å². The van der Waals surface area contributed by atoms with Crippen molar-refractivity contribution in [1.82, 2.24) is 37.2 Å². The second-order valence-electron chi connectivity index (χ2n) is 25.7. The number of carboxylic acids is 1. The number of nitrogens with two attached hydrogens (primary N) is 2. The fourth-order valence-electron chi connectivity index (χ4n) is 12.5. The highest BCUT2D eigenvalue weighted by atomic mass is 35.5. The van der Waals surface area contributed by atoms with Crippen LogP contribution >= 0.6 is 35.6 Å². The number of carbonyl (C=O) groups is 8. The summed E-state index contributed by atoms with van der Waals surface area (Å²) in [7, 11) is 1.47. The van der Waals surface area contributed by atoms with Crippen LogP contribution in [0, 0.1) is 5.92 Å². The second kappa shape index (κ2) is 31.4. The van der Waals surface area contributed by atoms with Gasteiger partial charge in [-0.2, -0.15) is 0 Å². The molecule has 18 atom stereocenters. The molecule has 0 aromatic heterocycles. The van der Waals surface area contributed by atoms with Crippen molar-refractivity contribution in [3.8, 4) is 57.1 Å². The number of benzene rings is 5. The van der Waals surface area contributed by atoms with Crippen LogP contribution in [0.1, 0.15) is 105 Å². The molecule has 7 heterocycles. The Hall–Kier alpha value is -8.91. The number of hydrogen-bond acceptors (Lipinski definition) is 25. The number of phenols is 3. The minimum Gasteiger partial charge on any atom is -0.508 e. The van der Waals surface area contributed by atoms with Gasteiger partial charge in [0.15, 0.2) is 29.9 Å². The monoisotopic (exact) mass is 1480 g/mol. The molecule has 7 aliphatic rings. The average molecular weight is 1490 g/mol. The number of aromatic hydroxyl groups is 3. The van der Waals surface area contributed by atoms with Gasteiger partial charge in [0.1, 0.15) is 89.5 Å². The minimum atomic E-state index is -2.35. The number of carbonyl (C=O) groups excluding carboxylic acids is 7. The number of ether oxygens (including phenoxy) is 6. The van der Waals surface area contributed by atoms with Crippen LogP contribution in [0.3, 0.4) is 0 Å². The Morgan fingerprint density at radius 1 is 0.716 bits per heavy atom. The fraction of sp³-hybridized carbons (Fsp3) is 0.424. The molecule has 11 bridgehead atoms. The van der Waals surface area contributed by atoms with Gasteiger partial charge in [0.2, 0.25) is 53.4 Å². The van der Waals surface area contributed by atoms with Crippen LogP contribution < -0.4 is 62.9 Å². The Morgan fingerprint density at radius 2 is 1.31 bits per heavy atom. The number of aliphatic hydroxyl groups excluding tert-OH is 6. The number of fused-ring (bicyclic) bond motifs is 15. The molecular weight excluding hydrogens is 1410 g/mol. The third kappa shape index (κ3) is 16.3. The molecule has 33 nitrogen and oxygen atoms in total. The zero-order chi connectivity index (χ0) is 73.5. The smallest absolute Gasteiger partial charge is 0.330 e. The van der Waals surface area contributed by atoms with E-state index in [1.165, 1.54) is 33.0 Å². The number of hydrogen-bond donors (Lipinski definition) is 19. The second-order valence-corrected chi connectivity index (χ2v) is 26.5. The molecule has 21 N–H and O–H groups in total. The van der Waals surface area contributed by atoms with Gasteiger partial charge in [-0.05, 0) is 110 Å². The summed E-state index contributed by atoms with van der Waals surface area (Å²) in [6, 6.07) is -0.679. The maximum absolute atomic E-state index is 16.0. The van der Waals surface area contributed by atoms with Crippen LogP contribution in [0.25, 0.3) is 11.1 Å². The van der Waals surface area contributed by atoms with E-state index in [0.29, 0.717) is 0 Å². The molecule has 0 radical (unpaired) electrons. The predicted molar refractivity (Wildman–Crippen MR) is 357 cm³/mol. The van der Waals surface area contributed by atoms with Gasteiger partial charge in [-0.15, -0.1) is 12.4 Å². The largest absolute Gasteiger partial charge is 0.508 e.